The molecule has 0 bridgehead atoms. The second-order valence-corrected chi connectivity index (χ2v) is 4.23. The molecule has 0 fully saturated rings. The van der Waals surface area contributed by atoms with Crippen LogP contribution in [0.2, 0.25) is 0 Å². The molecule has 0 aliphatic heterocycles. The zero-order chi connectivity index (χ0) is 15.9. The van der Waals surface area contributed by atoms with Crippen LogP contribution in [0.15, 0.2) is 47.6 Å². The fourth-order valence-electron chi connectivity index (χ4n) is 1.52. The first-order chi connectivity index (χ1) is 9.88. The Morgan fingerprint density at radius 1 is 1.43 bits per heavy atom. The lowest BCUT2D eigenvalue weighted by molar-refractivity contribution is -0.210. The molecule has 1 rings (SSSR count). The summed E-state index contributed by atoms with van der Waals surface area (Å²) in [5, 5.41) is 15.7. The number of benzene rings is 1. The maximum Gasteiger partial charge on any atom is 0.383 e. The van der Waals surface area contributed by atoms with Crippen molar-refractivity contribution >= 4 is 12.4 Å². The number of hydrogen-bond donors (Lipinski definition) is 2. The molecule has 0 saturated heterocycles. The molecule has 0 aliphatic rings. The molecule has 1 aromatic carbocycles. The lowest BCUT2D eigenvalue weighted by Crippen LogP contribution is -2.13. The maximum absolute atomic E-state index is 13.4. The Labute approximate surface area is 120 Å². The second-order valence-electron chi connectivity index (χ2n) is 4.23. The van der Waals surface area contributed by atoms with Gasteiger partial charge >= 0.3 is 6.11 Å². The molecule has 3 nitrogen and oxygen atoms in total. The van der Waals surface area contributed by atoms with Gasteiger partial charge in [-0.05, 0) is 36.1 Å². The predicted molar refractivity (Wildman–Crippen MR) is 76.4 cm³/mol. The molecule has 0 amide bonds. The average molecular weight is 296 g/mol. The number of hydrogen-bond acceptors (Lipinski definition) is 3. The highest BCUT2D eigenvalue weighted by molar-refractivity contribution is 5.81. The summed E-state index contributed by atoms with van der Waals surface area (Å²) >= 11 is 0. The Morgan fingerprint density at radius 2 is 2.14 bits per heavy atom. The Hall–Kier alpha value is -2.21. The highest BCUT2D eigenvalue weighted by Crippen LogP contribution is 2.26. The van der Waals surface area contributed by atoms with Gasteiger partial charge < -0.3 is 10.5 Å². The summed E-state index contributed by atoms with van der Waals surface area (Å²) in [6.07, 6.45) is 2.67. The molecule has 0 unspecified atom stereocenters. The highest BCUT2D eigenvalue weighted by atomic mass is 19.3. The van der Waals surface area contributed by atoms with Crippen LogP contribution < -0.4 is 0 Å². The van der Waals surface area contributed by atoms with Crippen molar-refractivity contribution in [3.8, 4) is 0 Å². The standard InChI is InChI=1S/C15H15F3N2O/c1-2-3-4-12(8-19)10-20-9-11-5-6-13(14(16)7-11)15(17,18)21/h2,5-10,19,21H,1,3-4H2/b12-10-,19-8?,20-9+. The molecule has 6 heteroatoms. The molecule has 2 N–H and O–H groups in total. The quantitative estimate of drug-likeness (QED) is 0.584. The van der Waals surface area contributed by atoms with Gasteiger partial charge in [-0.2, -0.15) is 8.78 Å². The van der Waals surface area contributed by atoms with Crippen molar-refractivity contribution in [2.45, 2.75) is 19.0 Å². The largest absolute Gasteiger partial charge is 0.383 e. The molecular weight excluding hydrogens is 281 g/mol. The van der Waals surface area contributed by atoms with Gasteiger partial charge in [0.25, 0.3) is 0 Å². The number of nitrogens with zero attached hydrogens (tertiary/aromatic N) is 1. The molecule has 112 valence electrons. The molecular formula is C15H15F3N2O. The molecule has 0 radical (unpaired) electrons. The first-order valence-electron chi connectivity index (χ1n) is 6.12. The van der Waals surface area contributed by atoms with Crippen molar-refractivity contribution in [1.29, 1.82) is 5.41 Å². The van der Waals surface area contributed by atoms with E-state index in [-0.39, 0.29) is 5.56 Å². The first-order valence-corrected chi connectivity index (χ1v) is 6.12. The van der Waals surface area contributed by atoms with E-state index < -0.39 is 17.5 Å². The smallest absolute Gasteiger partial charge is 0.332 e. The Bertz CT molecular complexity index is 575. The molecule has 0 aliphatic carbocycles. The van der Waals surface area contributed by atoms with Crippen LogP contribution in [0, 0.1) is 11.2 Å². The van der Waals surface area contributed by atoms with Crippen LogP contribution in [-0.2, 0) is 6.11 Å². The van der Waals surface area contributed by atoms with Crippen LogP contribution >= 0.6 is 0 Å². The SMILES string of the molecule is C=CCC/C(C=N)=C/N=C/c1ccc(C(O)(F)F)c(F)c1. The zero-order valence-corrected chi connectivity index (χ0v) is 11.2. The first kappa shape index (κ1) is 16.8. The molecule has 0 heterocycles. The number of rotatable bonds is 7. The van der Waals surface area contributed by atoms with Crippen LogP contribution in [0.4, 0.5) is 13.2 Å². The zero-order valence-electron chi connectivity index (χ0n) is 11.2. The van der Waals surface area contributed by atoms with Gasteiger partial charge in [-0.1, -0.05) is 12.1 Å². The van der Waals surface area contributed by atoms with E-state index in [0.717, 1.165) is 18.3 Å². The lowest BCUT2D eigenvalue weighted by atomic mass is 10.1. The van der Waals surface area contributed by atoms with Gasteiger partial charge in [0.15, 0.2) is 0 Å². The van der Waals surface area contributed by atoms with Gasteiger partial charge in [0, 0.05) is 18.6 Å². The number of nitrogens with one attached hydrogen (secondary N) is 1. The number of allylic oxidation sites excluding steroid dienone is 2. The van der Waals surface area contributed by atoms with Gasteiger partial charge in [-0.15, -0.1) is 6.58 Å². The van der Waals surface area contributed by atoms with E-state index in [9.17, 15) is 13.2 Å². The molecule has 0 aromatic heterocycles. The van der Waals surface area contributed by atoms with Crippen molar-refractivity contribution in [3.63, 3.8) is 0 Å². The second kappa shape index (κ2) is 7.54. The monoisotopic (exact) mass is 296 g/mol. The minimum Gasteiger partial charge on any atom is -0.332 e. The van der Waals surface area contributed by atoms with E-state index in [1.165, 1.54) is 18.5 Å². The predicted octanol–water partition coefficient (Wildman–Crippen LogP) is 3.79. The van der Waals surface area contributed by atoms with Crippen molar-refractivity contribution < 1.29 is 18.3 Å². The Morgan fingerprint density at radius 3 is 2.67 bits per heavy atom. The fourth-order valence-corrected chi connectivity index (χ4v) is 1.52. The molecule has 21 heavy (non-hydrogen) atoms. The Kier molecular flexibility index (Phi) is 6.05. The van der Waals surface area contributed by atoms with Gasteiger partial charge in [0.05, 0.1) is 5.56 Å². The van der Waals surface area contributed by atoms with E-state index in [1.54, 1.807) is 6.08 Å². The summed E-state index contributed by atoms with van der Waals surface area (Å²) < 4.78 is 38.6. The Balaban J connectivity index is 2.86. The highest BCUT2D eigenvalue weighted by Gasteiger charge is 2.31. The van der Waals surface area contributed by atoms with E-state index in [4.69, 9.17) is 10.5 Å². The fraction of sp³-hybridized carbons (Fsp3) is 0.200. The van der Waals surface area contributed by atoms with Crippen molar-refractivity contribution in [3.05, 3.63) is 59.6 Å². The van der Waals surface area contributed by atoms with Crippen LogP contribution in [0.25, 0.3) is 0 Å². The molecule has 1 aromatic rings. The summed E-state index contributed by atoms with van der Waals surface area (Å²) in [5.74, 6) is -1.21. The van der Waals surface area contributed by atoms with E-state index in [1.807, 2.05) is 0 Å². The van der Waals surface area contributed by atoms with Crippen LogP contribution in [-0.4, -0.2) is 17.5 Å². The number of aliphatic hydroxyl groups is 1. The van der Waals surface area contributed by atoms with Crippen molar-refractivity contribution in [1.82, 2.24) is 0 Å². The molecule has 0 spiro atoms. The number of alkyl halides is 2. The lowest BCUT2D eigenvalue weighted by Gasteiger charge is -2.09. The van der Waals surface area contributed by atoms with Crippen LogP contribution in [0.1, 0.15) is 24.0 Å². The number of aliphatic imine (C=N–C) groups is 1. The van der Waals surface area contributed by atoms with Gasteiger partial charge in [0.1, 0.15) is 5.82 Å². The van der Waals surface area contributed by atoms with Crippen LogP contribution in [0.3, 0.4) is 0 Å². The minimum atomic E-state index is -4.21. The summed E-state index contributed by atoms with van der Waals surface area (Å²) in [4.78, 5) is 3.91. The van der Waals surface area contributed by atoms with E-state index in [2.05, 4.69) is 11.6 Å². The number of halogens is 3. The molecule has 0 atom stereocenters. The maximum atomic E-state index is 13.4. The normalized spacial score (nSPS) is 12.7. The van der Waals surface area contributed by atoms with E-state index >= 15 is 0 Å². The topological polar surface area (TPSA) is 56.4 Å². The summed E-state index contributed by atoms with van der Waals surface area (Å²) in [6.45, 7) is 3.57. The minimum absolute atomic E-state index is 0.268. The third-order valence-corrected chi connectivity index (χ3v) is 2.60. The summed E-state index contributed by atoms with van der Waals surface area (Å²) in [7, 11) is 0. The third-order valence-electron chi connectivity index (χ3n) is 2.60. The van der Waals surface area contributed by atoms with Gasteiger partial charge in [-0.25, -0.2) is 4.39 Å². The van der Waals surface area contributed by atoms with Crippen molar-refractivity contribution in [2.75, 3.05) is 0 Å². The van der Waals surface area contributed by atoms with Gasteiger partial charge in [-0.3, -0.25) is 4.99 Å². The van der Waals surface area contributed by atoms with E-state index in [0.29, 0.717) is 18.4 Å². The average Bonchev–Trinajstić information content (AvgIpc) is 2.41. The third kappa shape index (κ3) is 5.35. The summed E-state index contributed by atoms with van der Waals surface area (Å²) in [6, 6.07) is 2.87. The van der Waals surface area contributed by atoms with Gasteiger partial charge in [0.2, 0.25) is 0 Å². The molecule has 0 saturated carbocycles. The van der Waals surface area contributed by atoms with Crippen molar-refractivity contribution in [2.24, 2.45) is 4.99 Å². The summed E-state index contributed by atoms with van der Waals surface area (Å²) in [5.41, 5.74) is -0.156. The van der Waals surface area contributed by atoms with Crippen LogP contribution in [0.5, 0.6) is 0 Å².